The smallest absolute Gasteiger partial charge is 0.333 e. The van der Waals surface area contributed by atoms with E-state index in [9.17, 15) is 0 Å². The van der Waals surface area contributed by atoms with E-state index in [2.05, 4.69) is 205 Å². The molecule has 0 unspecified atom stereocenters. The largest absolute Gasteiger partial charge is 0.456 e. The molecule has 0 saturated heterocycles. The molecule has 0 bridgehead atoms. The predicted octanol–water partition coefficient (Wildman–Crippen LogP) is 16.1. The van der Waals surface area contributed by atoms with Gasteiger partial charge in [-0.15, -0.1) is 11.3 Å². The van der Waals surface area contributed by atoms with Crippen molar-refractivity contribution in [1.29, 1.82) is 0 Å². The number of para-hydroxylation sites is 1. The first kappa shape index (κ1) is 38.5. The van der Waals surface area contributed by atoms with Crippen molar-refractivity contribution < 1.29 is 8.83 Å². The molecule has 8 aromatic carbocycles. The zero-order valence-corrected chi connectivity index (χ0v) is 39.7. The Morgan fingerprint density at radius 2 is 1.17 bits per heavy atom. The number of aromatic nitrogens is 1. The number of rotatable bonds is 1. The maximum atomic E-state index is 7.25. The molecule has 2 aliphatic heterocycles. The molecule has 0 atom stereocenters. The molecular formula is C60H49BN2O2S. The minimum Gasteiger partial charge on any atom is -0.456 e. The van der Waals surface area contributed by atoms with Gasteiger partial charge in [0.15, 0.2) is 0 Å². The Kier molecular flexibility index (Phi) is 7.33. The SMILES string of the molecule is CC(C)(C)c1ccc(N2B3c4cc5c(cc4-n4c6ccc(C(C)(C)C)cc6c6c7oc8ccccc8c7c(c3c64)-c3cc4c(cc32)oc2cc(C(C)(C)C)ccc24)sc2ccccc25)cc1. The standard InChI is InChI=1S/C60H49BN2O2S/c1-58(2,3)32-18-22-35(23-19-32)63-45-30-49-39(36-24-20-34(60(7,8)9)27-48(36)64-49)28-42(45)52-53-38-15-10-12-16-47(38)65-57(53)54-41-26-33(59(4,5)6)21-25-44(41)62-46-31-51-40(37-14-11-13-17-50(37)66-51)29-43(46)61(63)55(52)56(54)62/h10-31H,1-9H3. The van der Waals surface area contributed by atoms with Gasteiger partial charge in [-0.05, 0) is 104 Å². The third-order valence-electron chi connectivity index (χ3n) is 15.0. The van der Waals surface area contributed by atoms with E-state index in [0.29, 0.717) is 0 Å². The second-order valence-corrected chi connectivity index (χ2v) is 23.2. The molecular weight excluding hydrogens is 824 g/mol. The van der Waals surface area contributed by atoms with Crippen LogP contribution in [0.15, 0.2) is 142 Å². The molecule has 0 N–H and O–H groups in total. The summed E-state index contributed by atoms with van der Waals surface area (Å²) in [5, 5.41) is 9.58. The van der Waals surface area contributed by atoms with Gasteiger partial charge in [0.25, 0.3) is 0 Å². The topological polar surface area (TPSA) is 34.5 Å². The summed E-state index contributed by atoms with van der Waals surface area (Å²) in [6.45, 7) is 20.5. The molecule has 6 heteroatoms. The van der Waals surface area contributed by atoms with E-state index in [-0.39, 0.29) is 23.1 Å². The van der Waals surface area contributed by atoms with Crippen LogP contribution in [0.25, 0.3) is 103 Å². The van der Waals surface area contributed by atoms with Crippen molar-refractivity contribution in [2.24, 2.45) is 0 Å². The van der Waals surface area contributed by atoms with E-state index in [1.165, 1.54) is 91.8 Å². The predicted molar refractivity (Wildman–Crippen MR) is 283 cm³/mol. The zero-order valence-electron chi connectivity index (χ0n) is 38.9. The van der Waals surface area contributed by atoms with Crippen LogP contribution in [-0.4, -0.2) is 11.4 Å². The van der Waals surface area contributed by atoms with Gasteiger partial charge in [0, 0.05) is 75.8 Å². The van der Waals surface area contributed by atoms with E-state index in [1.54, 1.807) is 0 Å². The lowest BCUT2D eigenvalue weighted by atomic mass is 9.43. The molecule has 4 nitrogen and oxygen atoms in total. The lowest BCUT2D eigenvalue weighted by Gasteiger charge is -2.42. The van der Waals surface area contributed by atoms with Gasteiger partial charge < -0.3 is 18.2 Å². The minimum atomic E-state index is -0.181. The third-order valence-corrected chi connectivity index (χ3v) is 16.2. The Morgan fingerprint density at radius 3 is 1.94 bits per heavy atom. The highest BCUT2D eigenvalue weighted by Gasteiger charge is 2.46. The minimum absolute atomic E-state index is 0.00723. The van der Waals surface area contributed by atoms with Crippen molar-refractivity contribution in [2.45, 2.75) is 78.6 Å². The third kappa shape index (κ3) is 5.06. The fourth-order valence-electron chi connectivity index (χ4n) is 11.6. The maximum absolute atomic E-state index is 7.25. The molecule has 0 radical (unpaired) electrons. The summed E-state index contributed by atoms with van der Waals surface area (Å²) in [6, 6.07) is 50.8. The highest BCUT2D eigenvalue weighted by atomic mass is 32.1. The summed E-state index contributed by atoms with van der Waals surface area (Å²) < 4.78 is 19.4. The first-order valence-corrected chi connectivity index (χ1v) is 24.3. The fourth-order valence-corrected chi connectivity index (χ4v) is 12.7. The van der Waals surface area contributed by atoms with Gasteiger partial charge >= 0.3 is 6.85 Å². The van der Waals surface area contributed by atoms with Crippen LogP contribution in [0.5, 0.6) is 0 Å². The van der Waals surface area contributed by atoms with Crippen molar-refractivity contribution in [2.75, 3.05) is 4.81 Å². The second kappa shape index (κ2) is 12.6. The van der Waals surface area contributed by atoms with Gasteiger partial charge in [0.05, 0.1) is 16.4 Å². The molecule has 12 aromatic rings. The number of nitrogens with zero attached hydrogens (tertiary/aromatic N) is 2. The zero-order chi connectivity index (χ0) is 44.9. The van der Waals surface area contributed by atoms with Gasteiger partial charge in [0.2, 0.25) is 0 Å². The van der Waals surface area contributed by atoms with E-state index < -0.39 is 0 Å². The van der Waals surface area contributed by atoms with Gasteiger partial charge in [-0.25, -0.2) is 0 Å². The summed E-state index contributed by atoms with van der Waals surface area (Å²) in [4.78, 5) is 2.64. The van der Waals surface area contributed by atoms with Crippen LogP contribution in [-0.2, 0) is 16.2 Å². The van der Waals surface area contributed by atoms with Crippen molar-refractivity contribution in [3.05, 3.63) is 150 Å². The van der Waals surface area contributed by atoms with Crippen LogP contribution >= 0.6 is 11.3 Å². The summed E-state index contributed by atoms with van der Waals surface area (Å²) in [5.41, 5.74) is 18.5. The lowest BCUT2D eigenvalue weighted by Crippen LogP contribution is -2.60. The van der Waals surface area contributed by atoms with E-state index >= 15 is 0 Å². The Labute approximate surface area is 388 Å². The maximum Gasteiger partial charge on any atom is 0.333 e. The molecule has 14 rings (SSSR count). The molecule has 0 fully saturated rings. The van der Waals surface area contributed by atoms with E-state index in [0.717, 1.165) is 49.9 Å². The molecule has 0 aliphatic carbocycles. The van der Waals surface area contributed by atoms with Crippen LogP contribution in [0, 0.1) is 0 Å². The molecule has 4 aromatic heterocycles. The van der Waals surface area contributed by atoms with Crippen LogP contribution in [0.1, 0.15) is 79.0 Å². The highest BCUT2D eigenvalue weighted by Crippen LogP contribution is 2.53. The van der Waals surface area contributed by atoms with Gasteiger partial charge in [-0.2, -0.15) is 0 Å². The molecule has 0 spiro atoms. The normalized spacial score (nSPS) is 14.1. The average Bonchev–Trinajstić information content (AvgIpc) is 4.04. The average molecular weight is 873 g/mol. The second-order valence-electron chi connectivity index (χ2n) is 22.1. The van der Waals surface area contributed by atoms with Gasteiger partial charge in [0.1, 0.15) is 22.3 Å². The van der Waals surface area contributed by atoms with Crippen LogP contribution in [0.3, 0.4) is 0 Å². The first-order chi connectivity index (χ1) is 31.6. The molecule has 0 saturated carbocycles. The number of hydrogen-bond donors (Lipinski definition) is 0. The number of furan rings is 2. The van der Waals surface area contributed by atoms with E-state index in [1.807, 2.05) is 11.3 Å². The Morgan fingerprint density at radius 1 is 0.485 bits per heavy atom. The van der Waals surface area contributed by atoms with Crippen LogP contribution < -0.4 is 15.7 Å². The van der Waals surface area contributed by atoms with Gasteiger partial charge in [-0.3, -0.25) is 0 Å². The van der Waals surface area contributed by atoms with Crippen molar-refractivity contribution in [3.8, 4) is 16.8 Å². The quantitative estimate of drug-likeness (QED) is 0.154. The number of fused-ring (bicyclic) bond motifs is 19. The summed E-state index contributed by atoms with van der Waals surface area (Å²) in [6.07, 6.45) is 0. The molecule has 0 amide bonds. The van der Waals surface area contributed by atoms with Crippen molar-refractivity contribution in [1.82, 2.24) is 4.57 Å². The number of benzene rings is 8. The lowest BCUT2D eigenvalue weighted by molar-refractivity contribution is 0.587. The van der Waals surface area contributed by atoms with Crippen LogP contribution in [0.4, 0.5) is 11.4 Å². The first-order valence-electron chi connectivity index (χ1n) is 23.4. The van der Waals surface area contributed by atoms with Gasteiger partial charge in [-0.1, -0.05) is 135 Å². The number of hydrogen-bond acceptors (Lipinski definition) is 4. The molecule has 2 aliphatic rings. The van der Waals surface area contributed by atoms with E-state index in [4.69, 9.17) is 8.83 Å². The van der Waals surface area contributed by atoms with Crippen molar-refractivity contribution in [3.63, 3.8) is 0 Å². The van der Waals surface area contributed by atoms with Crippen molar-refractivity contribution >= 4 is 126 Å². The van der Waals surface area contributed by atoms with Crippen LogP contribution in [0.2, 0.25) is 0 Å². The summed E-state index contributed by atoms with van der Waals surface area (Å²) in [5.74, 6) is 0. The summed E-state index contributed by atoms with van der Waals surface area (Å²) >= 11 is 1.89. The monoisotopic (exact) mass is 872 g/mol. The highest BCUT2D eigenvalue weighted by molar-refractivity contribution is 7.26. The Bertz CT molecular complexity index is 4120. The number of anilines is 2. The Balaban J connectivity index is 1.22. The fraction of sp³-hybridized carbons (Fsp3) is 0.200. The molecule has 6 heterocycles. The molecule has 320 valence electrons. The number of thiophene rings is 1. The molecule has 66 heavy (non-hydrogen) atoms. The Hall–Kier alpha value is -6.76. The summed E-state index contributed by atoms with van der Waals surface area (Å²) in [7, 11) is 0.